The number of hydrogen-bond donors (Lipinski definition) is 0. The fourth-order valence-electron chi connectivity index (χ4n) is 2.32. The molecular weight excluding hydrogens is 246 g/mol. The summed E-state index contributed by atoms with van der Waals surface area (Å²) in [6.45, 7) is 2.07. The summed E-state index contributed by atoms with van der Waals surface area (Å²) in [6, 6.07) is 20.6. The molecule has 0 atom stereocenters. The van der Waals surface area contributed by atoms with Gasteiger partial charge in [-0.15, -0.1) is 0 Å². The van der Waals surface area contributed by atoms with Crippen molar-refractivity contribution in [2.45, 2.75) is 6.92 Å². The van der Waals surface area contributed by atoms with E-state index in [9.17, 15) is 0 Å². The number of benzene rings is 2. The van der Waals surface area contributed by atoms with Crippen LogP contribution in [0.4, 0.5) is 11.6 Å². The minimum absolute atomic E-state index is 0.917. The normalized spacial score (nSPS) is 10.5. The summed E-state index contributed by atoms with van der Waals surface area (Å²) in [5.41, 5.74) is 3.37. The van der Waals surface area contributed by atoms with Crippen molar-refractivity contribution in [1.29, 1.82) is 0 Å². The highest BCUT2D eigenvalue weighted by atomic mass is 15.3. The van der Waals surface area contributed by atoms with Crippen LogP contribution in [0.25, 0.3) is 5.69 Å². The first kappa shape index (κ1) is 12.5. The monoisotopic (exact) mass is 263 g/mol. The van der Waals surface area contributed by atoms with Gasteiger partial charge < -0.3 is 4.90 Å². The summed E-state index contributed by atoms with van der Waals surface area (Å²) >= 11 is 0. The fraction of sp³-hybridized carbons (Fsp3) is 0.118. The van der Waals surface area contributed by atoms with Gasteiger partial charge in [0.05, 0.1) is 6.20 Å². The third-order valence-electron chi connectivity index (χ3n) is 3.38. The number of para-hydroxylation sites is 2. The summed E-state index contributed by atoms with van der Waals surface area (Å²) in [5.74, 6) is 0.917. The second kappa shape index (κ2) is 5.21. The van der Waals surface area contributed by atoms with Gasteiger partial charge in [0.1, 0.15) is 0 Å². The van der Waals surface area contributed by atoms with E-state index < -0.39 is 0 Å². The van der Waals surface area contributed by atoms with Crippen LogP contribution in [0.15, 0.2) is 66.9 Å². The lowest BCUT2D eigenvalue weighted by Gasteiger charge is -2.20. The summed E-state index contributed by atoms with van der Waals surface area (Å²) < 4.78 is 2.16. The van der Waals surface area contributed by atoms with Gasteiger partial charge in [-0.3, -0.25) is 4.57 Å². The summed E-state index contributed by atoms with van der Waals surface area (Å²) in [4.78, 5) is 6.65. The van der Waals surface area contributed by atoms with Crippen molar-refractivity contribution in [2.75, 3.05) is 11.9 Å². The molecule has 1 aromatic heterocycles. The molecule has 0 spiro atoms. The van der Waals surface area contributed by atoms with E-state index in [0.717, 1.165) is 23.0 Å². The zero-order chi connectivity index (χ0) is 13.9. The van der Waals surface area contributed by atoms with E-state index in [1.165, 1.54) is 0 Å². The maximum atomic E-state index is 4.56. The number of aromatic nitrogens is 2. The highest BCUT2D eigenvalue weighted by Crippen LogP contribution is 2.26. The van der Waals surface area contributed by atoms with Crippen LogP contribution in [0, 0.1) is 6.92 Å². The van der Waals surface area contributed by atoms with Gasteiger partial charge in [-0.1, -0.05) is 36.4 Å². The molecule has 1 heterocycles. The lowest BCUT2D eigenvalue weighted by atomic mass is 10.3. The number of anilines is 2. The Hall–Kier alpha value is -2.55. The molecule has 0 amide bonds. The number of nitrogens with zero attached hydrogens (tertiary/aromatic N) is 3. The van der Waals surface area contributed by atoms with Gasteiger partial charge in [-0.25, -0.2) is 4.98 Å². The Morgan fingerprint density at radius 2 is 1.50 bits per heavy atom. The molecule has 0 saturated heterocycles. The Bertz CT molecular complexity index is 687. The minimum Gasteiger partial charge on any atom is -0.315 e. The van der Waals surface area contributed by atoms with E-state index in [1.807, 2.05) is 49.6 Å². The Balaban J connectivity index is 2.08. The molecule has 20 heavy (non-hydrogen) atoms. The Morgan fingerprint density at radius 1 is 0.900 bits per heavy atom. The average molecular weight is 263 g/mol. The molecule has 100 valence electrons. The molecule has 0 N–H and O–H groups in total. The molecule has 2 aromatic carbocycles. The predicted octanol–water partition coefficient (Wildman–Crippen LogP) is 3.95. The van der Waals surface area contributed by atoms with Crippen molar-refractivity contribution in [1.82, 2.24) is 9.55 Å². The maximum Gasteiger partial charge on any atom is 0.214 e. The van der Waals surface area contributed by atoms with E-state index in [0.29, 0.717) is 0 Å². The molecule has 3 nitrogen and oxygen atoms in total. The van der Waals surface area contributed by atoms with Crippen LogP contribution < -0.4 is 4.90 Å². The van der Waals surface area contributed by atoms with Crippen molar-refractivity contribution in [3.63, 3.8) is 0 Å². The molecule has 0 saturated carbocycles. The maximum absolute atomic E-state index is 4.56. The molecule has 3 heteroatoms. The van der Waals surface area contributed by atoms with Crippen molar-refractivity contribution in [3.05, 3.63) is 72.6 Å². The first-order valence-electron chi connectivity index (χ1n) is 6.66. The van der Waals surface area contributed by atoms with Gasteiger partial charge in [0.15, 0.2) is 0 Å². The summed E-state index contributed by atoms with van der Waals surface area (Å²) in [6.07, 6.45) is 1.90. The third kappa shape index (κ3) is 2.18. The Morgan fingerprint density at radius 3 is 2.15 bits per heavy atom. The zero-order valence-electron chi connectivity index (χ0n) is 11.7. The number of hydrogen-bond acceptors (Lipinski definition) is 2. The molecule has 0 unspecified atom stereocenters. The SMILES string of the molecule is Cc1cnc(N(C)c2ccccc2)n1-c1ccccc1. The van der Waals surface area contributed by atoms with Gasteiger partial charge in [0, 0.05) is 24.1 Å². The van der Waals surface area contributed by atoms with Crippen molar-refractivity contribution >= 4 is 11.6 Å². The lowest BCUT2D eigenvalue weighted by molar-refractivity contribution is 0.957. The fourth-order valence-corrected chi connectivity index (χ4v) is 2.32. The van der Waals surface area contributed by atoms with E-state index in [-0.39, 0.29) is 0 Å². The van der Waals surface area contributed by atoms with Gasteiger partial charge in [-0.2, -0.15) is 0 Å². The highest BCUT2D eigenvalue weighted by molar-refractivity contribution is 5.59. The van der Waals surface area contributed by atoms with Crippen LogP contribution in [0.2, 0.25) is 0 Å². The molecule has 0 bridgehead atoms. The molecule has 0 aliphatic carbocycles. The van der Waals surface area contributed by atoms with Crippen molar-refractivity contribution in [3.8, 4) is 5.69 Å². The number of aryl methyl sites for hydroxylation is 1. The Labute approximate surface area is 119 Å². The smallest absolute Gasteiger partial charge is 0.214 e. The summed E-state index contributed by atoms with van der Waals surface area (Å²) in [5, 5.41) is 0. The second-order valence-corrected chi connectivity index (χ2v) is 4.77. The van der Waals surface area contributed by atoms with E-state index >= 15 is 0 Å². The van der Waals surface area contributed by atoms with E-state index in [4.69, 9.17) is 0 Å². The molecule has 0 aliphatic rings. The molecular formula is C17H17N3. The topological polar surface area (TPSA) is 21.1 Å². The van der Waals surface area contributed by atoms with Crippen LogP contribution >= 0.6 is 0 Å². The van der Waals surface area contributed by atoms with Crippen LogP contribution in [0.5, 0.6) is 0 Å². The largest absolute Gasteiger partial charge is 0.315 e. The zero-order valence-corrected chi connectivity index (χ0v) is 11.7. The van der Waals surface area contributed by atoms with Gasteiger partial charge in [-0.05, 0) is 31.2 Å². The Kier molecular flexibility index (Phi) is 3.25. The number of rotatable bonds is 3. The molecule has 0 fully saturated rings. The quantitative estimate of drug-likeness (QED) is 0.713. The predicted molar refractivity (Wildman–Crippen MR) is 82.8 cm³/mol. The number of imidazole rings is 1. The standard InChI is InChI=1S/C17H17N3/c1-14-13-18-17(19(2)15-9-5-3-6-10-15)20(14)16-11-7-4-8-12-16/h3-13H,1-2H3. The van der Waals surface area contributed by atoms with Gasteiger partial charge in [0.2, 0.25) is 5.95 Å². The molecule has 3 aromatic rings. The summed E-state index contributed by atoms with van der Waals surface area (Å²) in [7, 11) is 2.04. The van der Waals surface area contributed by atoms with Gasteiger partial charge in [0.25, 0.3) is 0 Å². The van der Waals surface area contributed by atoms with Crippen LogP contribution in [-0.2, 0) is 0 Å². The van der Waals surface area contributed by atoms with Crippen LogP contribution in [-0.4, -0.2) is 16.6 Å². The van der Waals surface area contributed by atoms with Crippen molar-refractivity contribution < 1.29 is 0 Å². The molecule has 0 radical (unpaired) electrons. The third-order valence-corrected chi connectivity index (χ3v) is 3.38. The molecule has 3 rings (SSSR count). The van der Waals surface area contributed by atoms with E-state index in [2.05, 4.69) is 45.6 Å². The van der Waals surface area contributed by atoms with Crippen LogP contribution in [0.1, 0.15) is 5.69 Å². The molecule has 0 aliphatic heterocycles. The van der Waals surface area contributed by atoms with Crippen molar-refractivity contribution in [2.24, 2.45) is 0 Å². The van der Waals surface area contributed by atoms with E-state index in [1.54, 1.807) is 0 Å². The first-order chi connectivity index (χ1) is 9.77. The van der Waals surface area contributed by atoms with Gasteiger partial charge >= 0.3 is 0 Å². The average Bonchev–Trinajstić information content (AvgIpc) is 2.90. The minimum atomic E-state index is 0.917. The van der Waals surface area contributed by atoms with Crippen LogP contribution in [0.3, 0.4) is 0 Å². The first-order valence-corrected chi connectivity index (χ1v) is 6.66. The highest BCUT2D eigenvalue weighted by Gasteiger charge is 2.13. The second-order valence-electron chi connectivity index (χ2n) is 4.77. The lowest BCUT2D eigenvalue weighted by Crippen LogP contribution is -2.15.